The molecule has 2 nitrogen and oxygen atoms in total. The summed E-state index contributed by atoms with van der Waals surface area (Å²) in [6.45, 7) is 23.2. The second kappa shape index (κ2) is 7.84. The van der Waals surface area contributed by atoms with Crippen LogP contribution in [-0.4, -0.2) is 23.4 Å². The highest BCUT2D eigenvalue weighted by Crippen LogP contribution is 2.39. The quantitative estimate of drug-likeness (QED) is 0.621. The lowest BCUT2D eigenvalue weighted by atomic mass is 9.74. The highest BCUT2D eigenvalue weighted by molar-refractivity contribution is 5.78. The smallest absolute Gasteiger partial charge is 0.223 e. The molecule has 0 aliphatic carbocycles. The molecule has 0 bridgehead atoms. The van der Waals surface area contributed by atoms with E-state index in [9.17, 15) is 4.79 Å². The van der Waals surface area contributed by atoms with Crippen LogP contribution in [0.5, 0.6) is 0 Å². The maximum atomic E-state index is 12.5. The SMILES string of the molecule is CC(C)(C)CC(N1CCC(C)(C)CC1=O)C(C)(C)C.CCC. The van der Waals surface area contributed by atoms with Crippen LogP contribution in [0.1, 0.15) is 94.9 Å². The largest absolute Gasteiger partial charge is 0.339 e. The van der Waals surface area contributed by atoms with E-state index in [0.717, 1.165) is 19.4 Å². The van der Waals surface area contributed by atoms with Gasteiger partial charge in [-0.25, -0.2) is 0 Å². The zero-order chi connectivity index (χ0) is 17.8. The Balaban J connectivity index is 0.00000135. The van der Waals surface area contributed by atoms with Gasteiger partial charge < -0.3 is 4.90 Å². The number of hydrogen-bond acceptors (Lipinski definition) is 1. The van der Waals surface area contributed by atoms with Crippen molar-refractivity contribution in [1.82, 2.24) is 4.90 Å². The maximum Gasteiger partial charge on any atom is 0.223 e. The Morgan fingerprint density at radius 1 is 1.09 bits per heavy atom. The lowest BCUT2D eigenvalue weighted by Gasteiger charge is -2.47. The summed E-state index contributed by atoms with van der Waals surface area (Å²) in [5.74, 6) is 0.348. The third kappa shape index (κ3) is 7.65. The lowest BCUT2D eigenvalue weighted by molar-refractivity contribution is -0.143. The molecule has 132 valence electrons. The van der Waals surface area contributed by atoms with Gasteiger partial charge in [0, 0.05) is 19.0 Å². The number of nitrogens with zero attached hydrogens (tertiary/aromatic N) is 1. The number of carbonyl (C=O) groups excluding carboxylic acids is 1. The minimum absolute atomic E-state index is 0.143. The third-order valence-corrected chi connectivity index (χ3v) is 4.16. The van der Waals surface area contributed by atoms with Gasteiger partial charge >= 0.3 is 0 Å². The molecule has 0 spiro atoms. The van der Waals surface area contributed by atoms with Gasteiger partial charge in [-0.1, -0.05) is 75.7 Å². The standard InChI is InChI=1S/C17H33NO.C3H8/c1-15(2,3)11-13(16(4,5)6)18-10-9-17(7,8)12-14(18)19;1-3-2/h13H,9-12H2,1-8H3;3H2,1-2H3. The zero-order valence-electron chi connectivity index (χ0n) is 17.0. The van der Waals surface area contributed by atoms with E-state index in [0.29, 0.717) is 18.4 Å². The van der Waals surface area contributed by atoms with Crippen LogP contribution in [0.4, 0.5) is 0 Å². The van der Waals surface area contributed by atoms with E-state index >= 15 is 0 Å². The van der Waals surface area contributed by atoms with Crippen LogP contribution in [0.15, 0.2) is 0 Å². The van der Waals surface area contributed by atoms with E-state index in [1.165, 1.54) is 6.42 Å². The van der Waals surface area contributed by atoms with Crippen molar-refractivity contribution in [3.05, 3.63) is 0 Å². The molecular weight excluding hydrogens is 270 g/mol. The van der Waals surface area contributed by atoms with Crippen molar-refractivity contribution in [2.45, 2.75) is 101 Å². The first-order valence-corrected chi connectivity index (χ1v) is 9.03. The van der Waals surface area contributed by atoms with Crippen molar-refractivity contribution in [2.24, 2.45) is 16.2 Å². The minimum atomic E-state index is 0.143. The van der Waals surface area contributed by atoms with Gasteiger partial charge in [0.1, 0.15) is 0 Å². The zero-order valence-corrected chi connectivity index (χ0v) is 17.0. The van der Waals surface area contributed by atoms with Gasteiger partial charge in [0.05, 0.1) is 0 Å². The first kappa shape index (κ1) is 21.5. The maximum absolute atomic E-state index is 12.5. The Hall–Kier alpha value is -0.530. The summed E-state index contributed by atoms with van der Waals surface area (Å²) in [5.41, 5.74) is 0.577. The minimum Gasteiger partial charge on any atom is -0.339 e. The number of hydrogen-bond donors (Lipinski definition) is 0. The predicted molar refractivity (Wildman–Crippen MR) is 98.0 cm³/mol. The summed E-state index contributed by atoms with van der Waals surface area (Å²) in [6, 6.07) is 0.344. The first-order valence-electron chi connectivity index (χ1n) is 9.03. The van der Waals surface area contributed by atoms with Crippen LogP contribution in [0.2, 0.25) is 0 Å². The van der Waals surface area contributed by atoms with Gasteiger partial charge in [-0.3, -0.25) is 4.79 Å². The van der Waals surface area contributed by atoms with E-state index in [1.807, 2.05) is 0 Å². The monoisotopic (exact) mass is 311 g/mol. The Bertz CT molecular complexity index is 344. The Labute approximate surface area is 140 Å². The molecule has 1 amide bonds. The van der Waals surface area contributed by atoms with Crippen molar-refractivity contribution in [2.75, 3.05) is 6.54 Å². The van der Waals surface area contributed by atoms with Gasteiger partial charge in [0.15, 0.2) is 0 Å². The number of rotatable bonds is 2. The first-order chi connectivity index (χ1) is 9.73. The number of piperidine rings is 1. The molecule has 1 atom stereocenters. The van der Waals surface area contributed by atoms with Gasteiger partial charge in [-0.15, -0.1) is 0 Å². The second-order valence-corrected chi connectivity index (χ2v) is 10.0. The highest BCUT2D eigenvalue weighted by Gasteiger charge is 2.40. The summed E-state index contributed by atoms with van der Waals surface area (Å²) in [4.78, 5) is 14.7. The molecule has 1 aliphatic rings. The molecular formula is C20H41NO. The summed E-state index contributed by atoms with van der Waals surface area (Å²) in [7, 11) is 0. The van der Waals surface area contributed by atoms with E-state index in [2.05, 4.69) is 74.1 Å². The van der Waals surface area contributed by atoms with E-state index in [-0.39, 0.29) is 16.2 Å². The molecule has 0 aromatic heterocycles. The van der Waals surface area contributed by atoms with Gasteiger partial charge in [0.2, 0.25) is 5.91 Å². The molecule has 0 aromatic rings. The van der Waals surface area contributed by atoms with Crippen LogP contribution in [0.3, 0.4) is 0 Å². The summed E-state index contributed by atoms with van der Waals surface area (Å²) in [5, 5.41) is 0. The highest BCUT2D eigenvalue weighted by atomic mass is 16.2. The molecule has 0 aromatic carbocycles. The van der Waals surface area contributed by atoms with Crippen molar-refractivity contribution in [1.29, 1.82) is 0 Å². The molecule has 1 fully saturated rings. The van der Waals surface area contributed by atoms with Crippen molar-refractivity contribution < 1.29 is 4.79 Å². The van der Waals surface area contributed by atoms with Gasteiger partial charge in [-0.2, -0.15) is 0 Å². The molecule has 0 N–H and O–H groups in total. The van der Waals surface area contributed by atoms with Crippen LogP contribution < -0.4 is 0 Å². The average Bonchev–Trinajstić information content (AvgIpc) is 2.23. The van der Waals surface area contributed by atoms with Crippen LogP contribution in [-0.2, 0) is 4.79 Å². The van der Waals surface area contributed by atoms with Crippen molar-refractivity contribution in [3.8, 4) is 0 Å². The van der Waals surface area contributed by atoms with Crippen LogP contribution in [0, 0.1) is 16.2 Å². The topological polar surface area (TPSA) is 20.3 Å². The fraction of sp³-hybridized carbons (Fsp3) is 0.950. The molecule has 0 radical (unpaired) electrons. The molecule has 2 heteroatoms. The van der Waals surface area contributed by atoms with Crippen LogP contribution >= 0.6 is 0 Å². The molecule has 1 heterocycles. The molecule has 0 saturated carbocycles. The average molecular weight is 312 g/mol. The fourth-order valence-electron chi connectivity index (χ4n) is 2.94. The van der Waals surface area contributed by atoms with E-state index in [4.69, 9.17) is 0 Å². The number of carbonyl (C=O) groups is 1. The Morgan fingerprint density at radius 3 is 1.86 bits per heavy atom. The Morgan fingerprint density at radius 2 is 1.55 bits per heavy atom. The van der Waals surface area contributed by atoms with E-state index < -0.39 is 0 Å². The fourth-order valence-corrected chi connectivity index (χ4v) is 2.94. The van der Waals surface area contributed by atoms with Gasteiger partial charge in [-0.05, 0) is 29.1 Å². The van der Waals surface area contributed by atoms with Crippen molar-refractivity contribution in [3.63, 3.8) is 0 Å². The van der Waals surface area contributed by atoms with Crippen molar-refractivity contribution >= 4 is 5.91 Å². The van der Waals surface area contributed by atoms with Crippen LogP contribution in [0.25, 0.3) is 0 Å². The normalized spacial score (nSPS) is 20.3. The molecule has 1 unspecified atom stereocenters. The lowest BCUT2D eigenvalue weighted by Crippen LogP contribution is -2.53. The second-order valence-electron chi connectivity index (χ2n) is 10.0. The Kier molecular flexibility index (Phi) is 7.65. The number of amides is 1. The van der Waals surface area contributed by atoms with E-state index in [1.54, 1.807) is 0 Å². The number of likely N-dealkylation sites (tertiary alicyclic amines) is 1. The van der Waals surface area contributed by atoms with Gasteiger partial charge in [0.25, 0.3) is 0 Å². The molecule has 1 saturated heterocycles. The predicted octanol–water partition coefficient (Wildman–Crippen LogP) is 5.90. The summed E-state index contributed by atoms with van der Waals surface area (Å²) < 4.78 is 0. The summed E-state index contributed by atoms with van der Waals surface area (Å²) in [6.07, 6.45) is 4.14. The molecule has 1 aliphatic heterocycles. The molecule has 22 heavy (non-hydrogen) atoms. The summed E-state index contributed by atoms with van der Waals surface area (Å²) >= 11 is 0. The molecule has 1 rings (SSSR count). The third-order valence-electron chi connectivity index (χ3n) is 4.16.